The van der Waals surface area contributed by atoms with Crippen LogP contribution in [0.1, 0.15) is 42.5 Å². The molecule has 1 aliphatic carbocycles. The van der Waals surface area contributed by atoms with Crippen molar-refractivity contribution in [3.63, 3.8) is 0 Å². The molecule has 0 bridgehead atoms. The lowest BCUT2D eigenvalue weighted by Gasteiger charge is -2.32. The number of fused-ring (bicyclic) bond motifs is 1. The molecule has 6 heteroatoms. The normalized spacial score (nSPS) is 15.3. The largest absolute Gasteiger partial charge is 0.503 e. The minimum absolute atomic E-state index is 0.177. The van der Waals surface area contributed by atoms with Crippen molar-refractivity contribution in [1.82, 2.24) is 19.3 Å². The van der Waals surface area contributed by atoms with Crippen LogP contribution in [0, 0.1) is 6.92 Å². The van der Waals surface area contributed by atoms with E-state index in [1.807, 2.05) is 42.6 Å². The Hall–Kier alpha value is -3.67. The minimum atomic E-state index is -0.500. The fraction of sp³-hybridized carbons (Fsp3) is 0.269. The highest BCUT2D eigenvalue weighted by Crippen LogP contribution is 2.41. The van der Waals surface area contributed by atoms with Gasteiger partial charge in [0.1, 0.15) is 11.3 Å². The third-order valence-electron chi connectivity index (χ3n) is 6.62. The predicted octanol–water partition coefficient (Wildman–Crippen LogP) is 4.64. The van der Waals surface area contributed by atoms with Crippen LogP contribution in [0.5, 0.6) is 5.75 Å². The van der Waals surface area contributed by atoms with Crippen molar-refractivity contribution in [2.24, 2.45) is 0 Å². The monoisotopic (exact) mass is 426 g/mol. The maximum atomic E-state index is 12.7. The highest BCUT2D eigenvalue weighted by molar-refractivity contribution is 5.80. The van der Waals surface area contributed by atoms with E-state index < -0.39 is 5.43 Å². The highest BCUT2D eigenvalue weighted by Gasteiger charge is 2.38. The summed E-state index contributed by atoms with van der Waals surface area (Å²) in [6.45, 7) is 6.73. The van der Waals surface area contributed by atoms with Gasteiger partial charge in [0.2, 0.25) is 5.43 Å². The summed E-state index contributed by atoms with van der Waals surface area (Å²) in [5, 5.41) is 16.2. The van der Waals surface area contributed by atoms with Crippen molar-refractivity contribution in [1.29, 1.82) is 0 Å². The average molecular weight is 427 g/mol. The van der Waals surface area contributed by atoms with Crippen LogP contribution in [0.25, 0.3) is 16.6 Å². The highest BCUT2D eigenvalue weighted by atomic mass is 16.3. The topological polar surface area (TPSA) is 72.9 Å². The molecule has 162 valence electrons. The van der Waals surface area contributed by atoms with Gasteiger partial charge in [-0.15, -0.1) is 0 Å². The van der Waals surface area contributed by atoms with Crippen molar-refractivity contribution < 1.29 is 5.11 Å². The third-order valence-corrected chi connectivity index (χ3v) is 6.62. The van der Waals surface area contributed by atoms with Crippen LogP contribution < -0.4 is 5.43 Å². The molecule has 3 aromatic heterocycles. The molecule has 1 saturated carbocycles. The van der Waals surface area contributed by atoms with Crippen LogP contribution in [-0.4, -0.2) is 24.4 Å². The van der Waals surface area contributed by atoms with E-state index in [1.165, 1.54) is 11.8 Å². The smallest absolute Gasteiger partial charge is 0.249 e. The first kappa shape index (κ1) is 20.2. The molecular weight excluding hydrogens is 400 g/mol. The Morgan fingerprint density at radius 1 is 1.12 bits per heavy atom. The molecule has 0 unspecified atom stereocenters. The molecule has 1 N–H and O–H groups in total. The van der Waals surface area contributed by atoms with Crippen LogP contribution in [-0.2, 0) is 12.1 Å². The lowest BCUT2D eigenvalue weighted by atomic mass is 9.97. The Bertz CT molecular complexity index is 1360. The Labute approximate surface area is 186 Å². The predicted molar refractivity (Wildman–Crippen MR) is 126 cm³/mol. The molecule has 1 aromatic carbocycles. The first-order valence-corrected chi connectivity index (χ1v) is 11.0. The molecule has 1 aliphatic rings. The second kappa shape index (κ2) is 7.79. The number of rotatable bonds is 5. The Morgan fingerprint density at radius 3 is 2.62 bits per heavy atom. The van der Waals surface area contributed by atoms with Crippen molar-refractivity contribution in [3.05, 3.63) is 94.7 Å². The zero-order valence-electron chi connectivity index (χ0n) is 18.2. The van der Waals surface area contributed by atoms with Crippen LogP contribution in [0.4, 0.5) is 0 Å². The molecule has 0 aliphatic heterocycles. The number of hydrogen-bond acceptors (Lipinski definition) is 4. The van der Waals surface area contributed by atoms with Crippen LogP contribution in [0.2, 0.25) is 0 Å². The van der Waals surface area contributed by atoms with Crippen molar-refractivity contribution >= 4 is 16.6 Å². The molecular formula is C26H26N4O2. The standard InChI is InChI=1S/C26H26N4O2/c1-18-15-30(25-21(18)11-8-14-27-25)26(12-6-7-13-26)17-29-16-22(31)24(32)23(28-29)19(2)20-9-4-3-5-10-20/h3-5,8-11,14-16,31H,2,6-7,12-13,17H2,1H3. The van der Waals surface area contributed by atoms with E-state index in [0.29, 0.717) is 12.1 Å². The maximum Gasteiger partial charge on any atom is 0.249 e. The van der Waals surface area contributed by atoms with E-state index >= 15 is 0 Å². The number of benzene rings is 1. The Kier molecular flexibility index (Phi) is 4.93. The second-order valence-electron chi connectivity index (χ2n) is 8.72. The number of aromatic nitrogens is 4. The fourth-order valence-electron chi connectivity index (χ4n) is 4.97. The molecule has 32 heavy (non-hydrogen) atoms. The van der Waals surface area contributed by atoms with Crippen molar-refractivity contribution in [3.8, 4) is 5.75 Å². The average Bonchev–Trinajstić information content (AvgIpc) is 3.42. The zero-order chi connectivity index (χ0) is 22.3. The molecule has 4 aromatic rings. The van der Waals surface area contributed by atoms with E-state index in [9.17, 15) is 9.90 Å². The Morgan fingerprint density at radius 2 is 1.88 bits per heavy atom. The van der Waals surface area contributed by atoms with Crippen molar-refractivity contribution in [2.75, 3.05) is 0 Å². The number of nitrogens with zero attached hydrogens (tertiary/aromatic N) is 4. The summed E-state index contributed by atoms with van der Waals surface area (Å²) < 4.78 is 3.99. The van der Waals surface area contributed by atoms with Gasteiger partial charge in [-0.1, -0.05) is 49.8 Å². The van der Waals surface area contributed by atoms with Crippen LogP contribution in [0.3, 0.4) is 0 Å². The summed E-state index contributed by atoms with van der Waals surface area (Å²) in [5.41, 5.74) is 2.92. The molecule has 5 rings (SSSR count). The molecule has 1 fully saturated rings. The molecule has 0 amide bonds. The van der Waals surface area contributed by atoms with E-state index in [2.05, 4.69) is 40.4 Å². The van der Waals surface area contributed by atoms with Gasteiger partial charge in [0.05, 0.1) is 18.3 Å². The van der Waals surface area contributed by atoms with Crippen molar-refractivity contribution in [2.45, 2.75) is 44.7 Å². The van der Waals surface area contributed by atoms with Gasteiger partial charge in [0.15, 0.2) is 5.75 Å². The van der Waals surface area contributed by atoms with Gasteiger partial charge < -0.3 is 9.67 Å². The first-order chi connectivity index (χ1) is 15.5. The van der Waals surface area contributed by atoms with Gasteiger partial charge in [0, 0.05) is 23.4 Å². The molecule has 0 radical (unpaired) electrons. The van der Waals surface area contributed by atoms with Crippen LogP contribution >= 0.6 is 0 Å². The number of aryl methyl sites for hydroxylation is 1. The van der Waals surface area contributed by atoms with Gasteiger partial charge in [-0.3, -0.25) is 9.48 Å². The summed E-state index contributed by atoms with van der Waals surface area (Å²) in [5.74, 6) is -0.313. The fourth-order valence-corrected chi connectivity index (χ4v) is 4.97. The first-order valence-electron chi connectivity index (χ1n) is 11.0. The van der Waals surface area contributed by atoms with Gasteiger partial charge >= 0.3 is 0 Å². The molecule has 0 atom stereocenters. The van der Waals surface area contributed by atoms with E-state index in [1.54, 1.807) is 4.68 Å². The summed E-state index contributed by atoms with van der Waals surface area (Å²) in [6, 6.07) is 13.5. The summed E-state index contributed by atoms with van der Waals surface area (Å²) in [4.78, 5) is 17.4. The number of aromatic hydroxyl groups is 1. The van der Waals surface area contributed by atoms with Gasteiger partial charge in [-0.05, 0) is 43.0 Å². The van der Waals surface area contributed by atoms with Crippen LogP contribution in [0.15, 0.2) is 72.4 Å². The lowest BCUT2D eigenvalue weighted by molar-refractivity contribution is 0.240. The molecule has 6 nitrogen and oxygen atoms in total. The molecule has 0 saturated heterocycles. The number of pyridine rings is 1. The maximum absolute atomic E-state index is 12.7. The summed E-state index contributed by atoms with van der Waals surface area (Å²) >= 11 is 0. The van der Waals surface area contributed by atoms with Gasteiger partial charge in [-0.2, -0.15) is 5.10 Å². The van der Waals surface area contributed by atoms with Gasteiger partial charge in [-0.25, -0.2) is 4.98 Å². The quantitative estimate of drug-likeness (QED) is 0.505. The SMILES string of the molecule is C=C(c1ccccc1)c1nn(CC2(n3cc(C)c4cccnc43)CCCC2)cc(O)c1=O. The van der Waals surface area contributed by atoms with E-state index in [0.717, 1.165) is 42.3 Å². The minimum Gasteiger partial charge on any atom is -0.503 e. The number of hydrogen-bond donors (Lipinski definition) is 1. The van der Waals surface area contributed by atoms with E-state index in [-0.39, 0.29) is 17.0 Å². The summed E-state index contributed by atoms with van der Waals surface area (Å²) in [6.07, 6.45) is 9.63. The van der Waals surface area contributed by atoms with Gasteiger partial charge in [0.25, 0.3) is 0 Å². The lowest BCUT2D eigenvalue weighted by Crippen LogP contribution is -2.36. The molecule has 0 spiro atoms. The second-order valence-corrected chi connectivity index (χ2v) is 8.72. The zero-order valence-corrected chi connectivity index (χ0v) is 18.2. The Balaban J connectivity index is 1.59. The molecule has 3 heterocycles. The third kappa shape index (κ3) is 3.32. The van der Waals surface area contributed by atoms with E-state index in [4.69, 9.17) is 0 Å². The summed E-state index contributed by atoms with van der Waals surface area (Å²) in [7, 11) is 0.